The SMILES string of the molecule is CC(=O)CSC1=[N+](Cc2ccc(F)cc2)C2C(=O)N(C)C(=O)N(C)C2=N1. The lowest BCUT2D eigenvalue weighted by Gasteiger charge is -2.30. The van der Waals surface area contributed by atoms with Gasteiger partial charge in [0.15, 0.2) is 0 Å². The number of ketones is 1. The number of aliphatic imine (C=N–C) groups is 1. The van der Waals surface area contributed by atoms with Crippen LogP contribution in [0.5, 0.6) is 0 Å². The van der Waals surface area contributed by atoms with Crippen molar-refractivity contribution in [1.29, 1.82) is 0 Å². The number of Topliss-reactive ketones (excluding diaryl/α,β-unsaturated/α-hetero) is 1. The molecule has 1 saturated heterocycles. The maximum absolute atomic E-state index is 13.2. The fourth-order valence-electron chi connectivity index (χ4n) is 2.80. The molecule has 1 atom stereocenters. The molecular weight excluding hydrogens is 359 g/mol. The molecule has 0 aromatic heterocycles. The number of imide groups is 1. The van der Waals surface area contributed by atoms with Crippen LogP contribution in [0.25, 0.3) is 0 Å². The van der Waals surface area contributed by atoms with E-state index in [0.29, 0.717) is 17.5 Å². The zero-order chi connectivity index (χ0) is 19.0. The third-order valence-electron chi connectivity index (χ3n) is 4.16. The fourth-order valence-corrected chi connectivity index (χ4v) is 3.63. The number of fused-ring (bicyclic) bond motifs is 1. The Labute approximate surface area is 154 Å². The maximum Gasteiger partial charge on any atom is 0.358 e. The van der Waals surface area contributed by atoms with Crippen LogP contribution in [0.2, 0.25) is 0 Å². The van der Waals surface area contributed by atoms with E-state index in [1.165, 1.54) is 42.8 Å². The molecule has 2 aliphatic heterocycles. The summed E-state index contributed by atoms with van der Waals surface area (Å²) in [6.45, 7) is 1.78. The molecule has 0 N–H and O–H groups in total. The predicted octanol–water partition coefficient (Wildman–Crippen LogP) is 1.32. The monoisotopic (exact) mass is 377 g/mol. The molecule has 1 unspecified atom stereocenters. The van der Waals surface area contributed by atoms with Gasteiger partial charge in [-0.1, -0.05) is 12.1 Å². The molecule has 0 bridgehead atoms. The summed E-state index contributed by atoms with van der Waals surface area (Å²) in [6, 6.07) is 4.76. The molecule has 26 heavy (non-hydrogen) atoms. The second-order valence-electron chi connectivity index (χ2n) is 6.14. The highest BCUT2D eigenvalue weighted by Crippen LogP contribution is 2.24. The fraction of sp³-hybridized carbons (Fsp3) is 0.353. The van der Waals surface area contributed by atoms with Crippen LogP contribution in [0, 0.1) is 5.82 Å². The number of urea groups is 1. The van der Waals surface area contributed by atoms with E-state index in [2.05, 4.69) is 4.99 Å². The number of rotatable bonds is 4. The summed E-state index contributed by atoms with van der Waals surface area (Å²) in [7, 11) is 2.99. The van der Waals surface area contributed by atoms with Gasteiger partial charge in [0, 0.05) is 14.1 Å². The standard InChI is InChI=1S/C17H18FN4O3S/c1-10(23)9-26-16-19-14-13(15(24)21(3)17(25)20(14)2)22(16)8-11-4-6-12(18)7-5-11/h4-7,13H,8-9H2,1-3H3/q+1. The summed E-state index contributed by atoms with van der Waals surface area (Å²) in [5.41, 5.74) is 0.791. The highest BCUT2D eigenvalue weighted by Gasteiger charge is 2.53. The quantitative estimate of drug-likeness (QED) is 0.742. The zero-order valence-corrected chi connectivity index (χ0v) is 15.4. The molecular formula is C17H18FN4O3S+. The minimum atomic E-state index is -0.748. The van der Waals surface area contributed by atoms with Gasteiger partial charge in [-0.25, -0.2) is 13.8 Å². The number of halogens is 1. The third-order valence-corrected chi connectivity index (χ3v) is 5.30. The van der Waals surface area contributed by atoms with Crippen molar-refractivity contribution < 1.29 is 23.3 Å². The molecule has 1 aromatic carbocycles. The van der Waals surface area contributed by atoms with E-state index in [4.69, 9.17) is 0 Å². The first-order valence-corrected chi connectivity index (χ1v) is 8.92. The van der Waals surface area contributed by atoms with Crippen molar-refractivity contribution in [3.8, 4) is 0 Å². The highest BCUT2D eigenvalue weighted by atomic mass is 32.2. The molecule has 7 nitrogen and oxygen atoms in total. The van der Waals surface area contributed by atoms with Crippen molar-refractivity contribution in [2.45, 2.75) is 19.5 Å². The van der Waals surface area contributed by atoms with Crippen molar-refractivity contribution in [3.63, 3.8) is 0 Å². The van der Waals surface area contributed by atoms with E-state index in [1.54, 1.807) is 23.8 Å². The van der Waals surface area contributed by atoms with Gasteiger partial charge in [0.05, 0.1) is 5.75 Å². The lowest BCUT2D eigenvalue weighted by atomic mass is 10.1. The Bertz CT molecular complexity index is 850. The molecule has 0 aliphatic carbocycles. The lowest BCUT2D eigenvalue weighted by molar-refractivity contribution is -0.548. The van der Waals surface area contributed by atoms with Crippen LogP contribution in [0.15, 0.2) is 29.3 Å². The Morgan fingerprint density at radius 3 is 2.50 bits per heavy atom. The van der Waals surface area contributed by atoms with Crippen LogP contribution in [0.1, 0.15) is 12.5 Å². The number of benzene rings is 1. The number of hydrogen-bond acceptors (Lipinski definition) is 5. The van der Waals surface area contributed by atoms with Crippen LogP contribution in [-0.2, 0) is 16.1 Å². The van der Waals surface area contributed by atoms with Gasteiger partial charge in [-0.15, -0.1) is 0 Å². The van der Waals surface area contributed by atoms with E-state index >= 15 is 0 Å². The predicted molar refractivity (Wildman–Crippen MR) is 95.7 cm³/mol. The minimum Gasteiger partial charge on any atom is -0.299 e. The van der Waals surface area contributed by atoms with Crippen molar-refractivity contribution in [2.24, 2.45) is 4.99 Å². The third kappa shape index (κ3) is 3.26. The summed E-state index contributed by atoms with van der Waals surface area (Å²) in [4.78, 5) is 43.1. The second kappa shape index (κ2) is 6.99. The number of amides is 3. The molecule has 0 saturated carbocycles. The molecule has 1 aromatic rings. The van der Waals surface area contributed by atoms with Gasteiger partial charge >= 0.3 is 11.2 Å². The number of thioether (sulfide) groups is 1. The smallest absolute Gasteiger partial charge is 0.299 e. The molecule has 2 aliphatic rings. The number of carbonyl (C=O) groups excluding carboxylic acids is 3. The normalized spacial score (nSPS) is 19.8. The molecule has 3 amide bonds. The number of carbonyl (C=O) groups is 3. The van der Waals surface area contributed by atoms with Crippen LogP contribution in [0.3, 0.4) is 0 Å². The van der Waals surface area contributed by atoms with Gasteiger partial charge in [0.1, 0.15) is 18.1 Å². The topological polar surface area (TPSA) is 73.1 Å². The summed E-state index contributed by atoms with van der Waals surface area (Å²) in [5.74, 6) is -0.202. The minimum absolute atomic E-state index is 0.0211. The van der Waals surface area contributed by atoms with Gasteiger partial charge < -0.3 is 0 Å². The Balaban J connectivity index is 1.99. The Hall–Kier alpha value is -2.55. The number of amidine groups is 2. The molecule has 2 heterocycles. The van der Waals surface area contributed by atoms with Crippen LogP contribution >= 0.6 is 11.8 Å². The number of likely N-dealkylation sites (N-methyl/N-ethyl adjacent to an activating group) is 2. The van der Waals surface area contributed by atoms with Crippen LogP contribution < -0.4 is 0 Å². The van der Waals surface area contributed by atoms with Crippen LogP contribution in [-0.4, -0.2) is 69.0 Å². The summed E-state index contributed by atoms with van der Waals surface area (Å²) in [6.07, 6.45) is 0. The average molecular weight is 377 g/mol. The van der Waals surface area contributed by atoms with E-state index < -0.39 is 12.1 Å². The molecule has 136 valence electrons. The molecule has 3 rings (SSSR count). The first kappa shape index (κ1) is 18.2. The molecule has 0 radical (unpaired) electrons. The second-order valence-corrected chi connectivity index (χ2v) is 7.08. The summed E-state index contributed by atoms with van der Waals surface area (Å²) < 4.78 is 14.9. The zero-order valence-electron chi connectivity index (χ0n) is 14.6. The van der Waals surface area contributed by atoms with E-state index in [1.807, 2.05) is 0 Å². The van der Waals surface area contributed by atoms with Crippen molar-refractivity contribution >= 4 is 40.5 Å². The molecule has 9 heteroatoms. The van der Waals surface area contributed by atoms with Gasteiger partial charge in [-0.2, -0.15) is 0 Å². The largest absolute Gasteiger partial charge is 0.358 e. The number of hydrogen-bond donors (Lipinski definition) is 0. The van der Waals surface area contributed by atoms with Gasteiger partial charge in [-0.3, -0.25) is 19.4 Å². The van der Waals surface area contributed by atoms with Crippen molar-refractivity contribution in [3.05, 3.63) is 35.6 Å². The van der Waals surface area contributed by atoms with Crippen LogP contribution in [0.4, 0.5) is 9.18 Å². The average Bonchev–Trinajstić information content (AvgIpc) is 2.96. The first-order chi connectivity index (χ1) is 12.3. The Morgan fingerprint density at radius 1 is 1.23 bits per heavy atom. The lowest BCUT2D eigenvalue weighted by Crippen LogP contribution is -2.61. The first-order valence-electron chi connectivity index (χ1n) is 7.93. The van der Waals surface area contributed by atoms with Crippen molar-refractivity contribution in [2.75, 3.05) is 19.8 Å². The van der Waals surface area contributed by atoms with E-state index in [0.717, 1.165) is 10.5 Å². The van der Waals surface area contributed by atoms with Gasteiger partial charge in [0.2, 0.25) is 0 Å². The molecule has 1 fully saturated rings. The highest BCUT2D eigenvalue weighted by molar-refractivity contribution is 8.14. The summed E-state index contributed by atoms with van der Waals surface area (Å²) >= 11 is 1.22. The van der Waals surface area contributed by atoms with Crippen molar-refractivity contribution in [1.82, 2.24) is 9.80 Å². The van der Waals surface area contributed by atoms with Gasteiger partial charge in [-0.05, 0) is 41.4 Å². The van der Waals surface area contributed by atoms with E-state index in [9.17, 15) is 18.8 Å². The van der Waals surface area contributed by atoms with Gasteiger partial charge in [0.25, 0.3) is 17.8 Å². The Kier molecular flexibility index (Phi) is 4.90. The Morgan fingerprint density at radius 2 is 1.88 bits per heavy atom. The number of nitrogens with zero attached hydrogens (tertiary/aromatic N) is 4. The van der Waals surface area contributed by atoms with E-state index in [-0.39, 0.29) is 23.3 Å². The molecule has 0 spiro atoms. The summed E-state index contributed by atoms with van der Waals surface area (Å²) in [5, 5.41) is 0.493. The maximum atomic E-state index is 13.2.